The van der Waals surface area contributed by atoms with Gasteiger partial charge in [0.2, 0.25) is 0 Å². The first-order chi connectivity index (χ1) is 15.2. The van der Waals surface area contributed by atoms with Crippen LogP contribution in [0.25, 0.3) is 0 Å². The Balaban J connectivity index is 1.37. The maximum absolute atomic E-state index is 13.2. The molecule has 2 amide bonds. The molecule has 1 unspecified atom stereocenters. The van der Waals surface area contributed by atoms with Crippen molar-refractivity contribution >= 4 is 11.7 Å². The molecular formula is C26H27N3O2. The summed E-state index contributed by atoms with van der Waals surface area (Å²) < 4.78 is 0. The summed E-state index contributed by atoms with van der Waals surface area (Å²) in [6, 6.07) is 26.0. The van der Waals surface area contributed by atoms with Gasteiger partial charge < -0.3 is 15.3 Å². The number of anilines is 1. The number of hydrogen-bond donors (Lipinski definition) is 2. The second-order valence-corrected chi connectivity index (χ2v) is 8.42. The summed E-state index contributed by atoms with van der Waals surface area (Å²) in [4.78, 5) is 17.7. The van der Waals surface area contributed by atoms with Gasteiger partial charge in [0, 0.05) is 36.9 Å². The van der Waals surface area contributed by atoms with Gasteiger partial charge in [0.1, 0.15) is 5.75 Å². The number of nitrogens with one attached hydrogen (secondary N) is 1. The van der Waals surface area contributed by atoms with E-state index in [9.17, 15) is 9.90 Å². The third-order valence-electron chi connectivity index (χ3n) is 6.39. The van der Waals surface area contributed by atoms with E-state index < -0.39 is 0 Å². The predicted molar refractivity (Wildman–Crippen MR) is 122 cm³/mol. The number of urea groups is 1. The van der Waals surface area contributed by atoms with Crippen molar-refractivity contribution in [1.82, 2.24) is 9.80 Å². The van der Waals surface area contributed by atoms with E-state index in [1.165, 1.54) is 0 Å². The third-order valence-corrected chi connectivity index (χ3v) is 6.39. The molecule has 5 nitrogen and oxygen atoms in total. The van der Waals surface area contributed by atoms with Crippen molar-refractivity contribution < 1.29 is 9.90 Å². The van der Waals surface area contributed by atoms with Gasteiger partial charge in [-0.2, -0.15) is 0 Å². The van der Waals surface area contributed by atoms with Gasteiger partial charge in [0.25, 0.3) is 0 Å². The van der Waals surface area contributed by atoms with Crippen LogP contribution in [0.1, 0.15) is 35.6 Å². The Labute approximate surface area is 182 Å². The number of rotatable bonds is 4. The monoisotopic (exact) mass is 413 g/mol. The van der Waals surface area contributed by atoms with E-state index in [1.54, 1.807) is 6.07 Å². The number of para-hydroxylation sites is 1. The quantitative estimate of drug-likeness (QED) is 0.633. The topological polar surface area (TPSA) is 55.8 Å². The highest BCUT2D eigenvalue weighted by molar-refractivity contribution is 5.93. The summed E-state index contributed by atoms with van der Waals surface area (Å²) in [6.07, 6.45) is 1.86. The third kappa shape index (κ3) is 4.01. The smallest absolute Gasteiger partial charge is 0.322 e. The van der Waals surface area contributed by atoms with Crippen LogP contribution in [0, 0.1) is 0 Å². The van der Waals surface area contributed by atoms with E-state index in [2.05, 4.69) is 33.3 Å². The average Bonchev–Trinajstić information content (AvgIpc) is 2.79. The molecule has 1 saturated heterocycles. The number of carbonyl (C=O) groups excluding carboxylic acids is 1. The SMILES string of the molecule is O=C1Nc2ccccc2C(c2ccccc2)N1C1CCN(Cc2cccc(O)c2)CC1. The fourth-order valence-corrected chi connectivity index (χ4v) is 4.92. The number of amides is 2. The Bertz CT molecular complexity index is 1060. The first-order valence-electron chi connectivity index (χ1n) is 10.9. The summed E-state index contributed by atoms with van der Waals surface area (Å²) in [5.74, 6) is 0.307. The first kappa shape index (κ1) is 19.6. The molecular weight excluding hydrogens is 386 g/mol. The number of carbonyl (C=O) groups is 1. The fourth-order valence-electron chi connectivity index (χ4n) is 4.92. The lowest BCUT2D eigenvalue weighted by Gasteiger charge is -2.45. The van der Waals surface area contributed by atoms with Crippen molar-refractivity contribution in [2.75, 3.05) is 18.4 Å². The van der Waals surface area contributed by atoms with Crippen LogP contribution in [0.5, 0.6) is 5.75 Å². The highest BCUT2D eigenvalue weighted by atomic mass is 16.3. The van der Waals surface area contributed by atoms with Gasteiger partial charge >= 0.3 is 6.03 Å². The van der Waals surface area contributed by atoms with Crippen LogP contribution in [0.3, 0.4) is 0 Å². The summed E-state index contributed by atoms with van der Waals surface area (Å²) in [6.45, 7) is 2.67. The van der Waals surface area contributed by atoms with Crippen LogP contribution in [0.15, 0.2) is 78.9 Å². The van der Waals surface area contributed by atoms with Crippen molar-refractivity contribution in [1.29, 1.82) is 0 Å². The van der Waals surface area contributed by atoms with Crippen molar-refractivity contribution in [3.8, 4) is 5.75 Å². The number of hydrogen-bond acceptors (Lipinski definition) is 3. The molecule has 0 bridgehead atoms. The van der Waals surface area contributed by atoms with Crippen molar-refractivity contribution in [2.24, 2.45) is 0 Å². The van der Waals surface area contributed by atoms with Crippen LogP contribution in [-0.4, -0.2) is 40.1 Å². The number of fused-ring (bicyclic) bond motifs is 1. The zero-order valence-corrected chi connectivity index (χ0v) is 17.4. The molecule has 2 aliphatic heterocycles. The van der Waals surface area contributed by atoms with E-state index in [4.69, 9.17) is 0 Å². The first-order valence-corrected chi connectivity index (χ1v) is 10.9. The lowest BCUT2D eigenvalue weighted by atomic mass is 9.90. The van der Waals surface area contributed by atoms with Gasteiger partial charge in [0.05, 0.1) is 6.04 Å². The number of aromatic hydroxyl groups is 1. The van der Waals surface area contributed by atoms with E-state index >= 15 is 0 Å². The van der Waals surface area contributed by atoms with Gasteiger partial charge in [-0.3, -0.25) is 4.90 Å². The number of benzene rings is 3. The molecule has 2 heterocycles. The maximum atomic E-state index is 13.2. The highest BCUT2D eigenvalue weighted by Crippen LogP contribution is 2.40. The largest absolute Gasteiger partial charge is 0.508 e. The lowest BCUT2D eigenvalue weighted by molar-refractivity contribution is 0.106. The minimum absolute atomic E-state index is 0.0148. The highest BCUT2D eigenvalue weighted by Gasteiger charge is 2.38. The van der Waals surface area contributed by atoms with Crippen molar-refractivity contribution in [2.45, 2.75) is 31.5 Å². The standard InChI is InChI=1S/C26H27N3O2/c30-22-10-6-7-19(17-22)18-28-15-13-21(14-16-28)29-25(20-8-2-1-3-9-20)23-11-4-5-12-24(23)27-26(29)31/h1-12,17,21,25,30H,13-16,18H2,(H,27,31). The Hall–Kier alpha value is -3.31. The molecule has 1 fully saturated rings. The fraction of sp³-hybridized carbons (Fsp3) is 0.269. The van der Waals surface area contributed by atoms with Crippen LogP contribution in [-0.2, 0) is 6.54 Å². The van der Waals surface area contributed by atoms with Crippen molar-refractivity contribution in [3.63, 3.8) is 0 Å². The molecule has 158 valence electrons. The number of phenols is 1. The number of nitrogens with zero attached hydrogens (tertiary/aromatic N) is 2. The van der Waals surface area contributed by atoms with Crippen LogP contribution < -0.4 is 5.32 Å². The molecule has 3 aromatic rings. The molecule has 5 heteroatoms. The summed E-state index contributed by atoms with van der Waals surface area (Å²) in [5, 5.41) is 12.8. The molecule has 31 heavy (non-hydrogen) atoms. The van der Waals surface area contributed by atoms with E-state index in [0.29, 0.717) is 5.75 Å². The second kappa shape index (κ2) is 8.44. The van der Waals surface area contributed by atoms with Crippen LogP contribution in [0.4, 0.5) is 10.5 Å². The van der Waals surface area contributed by atoms with E-state index in [-0.39, 0.29) is 18.1 Å². The molecule has 0 spiro atoms. The van der Waals surface area contributed by atoms with Crippen LogP contribution >= 0.6 is 0 Å². The summed E-state index contributed by atoms with van der Waals surface area (Å²) in [7, 11) is 0. The van der Waals surface area contributed by atoms with Gasteiger partial charge in [-0.25, -0.2) is 4.79 Å². The second-order valence-electron chi connectivity index (χ2n) is 8.42. The Morgan fingerprint density at radius 2 is 1.65 bits per heavy atom. The molecule has 0 aromatic heterocycles. The van der Waals surface area contributed by atoms with Gasteiger partial charge in [-0.15, -0.1) is 0 Å². The molecule has 2 N–H and O–H groups in total. The number of piperidine rings is 1. The zero-order valence-electron chi connectivity index (χ0n) is 17.4. The van der Waals surface area contributed by atoms with Crippen molar-refractivity contribution in [3.05, 3.63) is 95.6 Å². The minimum Gasteiger partial charge on any atom is -0.508 e. The molecule has 2 aliphatic rings. The van der Waals surface area contributed by atoms with Gasteiger partial charge in [0.15, 0.2) is 0 Å². The Morgan fingerprint density at radius 3 is 2.42 bits per heavy atom. The Morgan fingerprint density at radius 1 is 0.903 bits per heavy atom. The zero-order chi connectivity index (χ0) is 21.2. The summed E-state index contributed by atoms with van der Waals surface area (Å²) >= 11 is 0. The summed E-state index contributed by atoms with van der Waals surface area (Å²) in [5.41, 5.74) is 4.31. The van der Waals surface area contributed by atoms with Gasteiger partial charge in [-0.1, -0.05) is 60.7 Å². The molecule has 5 rings (SSSR count). The normalized spacial score (nSPS) is 19.7. The van der Waals surface area contributed by atoms with E-state index in [0.717, 1.165) is 54.9 Å². The lowest BCUT2D eigenvalue weighted by Crippen LogP contribution is -2.52. The number of likely N-dealkylation sites (tertiary alicyclic amines) is 1. The molecule has 0 radical (unpaired) electrons. The molecule has 3 aromatic carbocycles. The van der Waals surface area contributed by atoms with Gasteiger partial charge in [-0.05, 0) is 42.2 Å². The molecule has 1 atom stereocenters. The predicted octanol–water partition coefficient (Wildman–Crippen LogP) is 4.99. The Kier molecular flexibility index (Phi) is 5.35. The molecule has 0 aliphatic carbocycles. The number of phenolic OH excluding ortho intramolecular Hbond substituents is 1. The van der Waals surface area contributed by atoms with Crippen LogP contribution in [0.2, 0.25) is 0 Å². The average molecular weight is 414 g/mol. The maximum Gasteiger partial charge on any atom is 0.322 e. The van der Waals surface area contributed by atoms with E-state index in [1.807, 2.05) is 54.6 Å². The molecule has 0 saturated carbocycles. The minimum atomic E-state index is -0.0752.